The van der Waals surface area contributed by atoms with Gasteiger partial charge in [0.1, 0.15) is 0 Å². The van der Waals surface area contributed by atoms with Gasteiger partial charge < -0.3 is 10.6 Å². The molecule has 1 amide bonds. The van der Waals surface area contributed by atoms with Crippen LogP contribution in [0.3, 0.4) is 0 Å². The molecule has 3 rings (SSSR count). The third kappa shape index (κ3) is 3.97. The van der Waals surface area contributed by atoms with E-state index in [-0.39, 0.29) is 42.6 Å². The van der Waals surface area contributed by atoms with E-state index in [9.17, 15) is 4.79 Å². The van der Waals surface area contributed by atoms with Crippen LogP contribution in [0.5, 0.6) is 0 Å². The standard InChI is InChI=1S/C14H17N5O.2ClH/c1-19-9-10(6-17-19)12-7-16-8-13(12)14(20)18-11-2-4-15-5-3-11;;/h2-6,9,12-13,16H,7-8H2,1H3,(H,15,18,20);2*1H/t12-,13+;;/m1../s1. The van der Waals surface area contributed by atoms with Crippen molar-refractivity contribution in [3.63, 3.8) is 0 Å². The number of pyridine rings is 1. The molecule has 0 unspecified atom stereocenters. The fourth-order valence-corrected chi connectivity index (χ4v) is 2.61. The zero-order valence-electron chi connectivity index (χ0n) is 12.1. The SMILES string of the molecule is Cl.Cl.Cn1cc([C@H]2CNC[C@@H]2C(=O)Nc2ccncc2)cn1. The van der Waals surface area contributed by atoms with Gasteiger partial charge in [0, 0.05) is 50.3 Å². The van der Waals surface area contributed by atoms with Crippen molar-refractivity contribution in [2.45, 2.75) is 5.92 Å². The summed E-state index contributed by atoms with van der Waals surface area (Å²) in [5.41, 5.74) is 1.88. The summed E-state index contributed by atoms with van der Waals surface area (Å²) >= 11 is 0. The van der Waals surface area contributed by atoms with Gasteiger partial charge in [0.2, 0.25) is 5.91 Å². The summed E-state index contributed by atoms with van der Waals surface area (Å²) in [5.74, 6) is 0.132. The Bertz CT molecular complexity index is 604. The number of nitrogens with one attached hydrogen (secondary N) is 2. The van der Waals surface area contributed by atoms with Gasteiger partial charge in [-0.3, -0.25) is 14.5 Å². The first kappa shape index (κ1) is 18.4. The van der Waals surface area contributed by atoms with E-state index >= 15 is 0 Å². The molecule has 6 nitrogen and oxygen atoms in total. The average molecular weight is 344 g/mol. The Balaban J connectivity index is 0.00000121. The summed E-state index contributed by atoms with van der Waals surface area (Å²) in [6.45, 7) is 1.50. The van der Waals surface area contributed by atoms with Crippen molar-refractivity contribution in [2.24, 2.45) is 13.0 Å². The molecule has 22 heavy (non-hydrogen) atoms. The van der Waals surface area contributed by atoms with Crippen LogP contribution in [0.15, 0.2) is 36.9 Å². The zero-order chi connectivity index (χ0) is 13.9. The van der Waals surface area contributed by atoms with Gasteiger partial charge in [0.05, 0.1) is 12.1 Å². The van der Waals surface area contributed by atoms with Gasteiger partial charge in [-0.05, 0) is 17.7 Å². The van der Waals surface area contributed by atoms with Crippen molar-refractivity contribution >= 4 is 36.4 Å². The molecule has 8 heteroatoms. The van der Waals surface area contributed by atoms with Gasteiger partial charge in [-0.2, -0.15) is 5.10 Å². The molecule has 0 bridgehead atoms. The Morgan fingerprint density at radius 1 is 1.32 bits per heavy atom. The molecule has 0 aromatic carbocycles. The average Bonchev–Trinajstić information content (AvgIpc) is 3.08. The Morgan fingerprint density at radius 3 is 2.68 bits per heavy atom. The highest BCUT2D eigenvalue weighted by Gasteiger charge is 2.34. The first-order valence-corrected chi connectivity index (χ1v) is 6.64. The van der Waals surface area contributed by atoms with Crippen molar-refractivity contribution in [3.8, 4) is 0 Å². The number of rotatable bonds is 3. The van der Waals surface area contributed by atoms with E-state index in [1.807, 2.05) is 19.4 Å². The fourth-order valence-electron chi connectivity index (χ4n) is 2.61. The van der Waals surface area contributed by atoms with Crippen LogP contribution in [0.4, 0.5) is 5.69 Å². The Kier molecular flexibility index (Phi) is 6.80. The molecular weight excluding hydrogens is 325 g/mol. The number of halogens is 2. The molecule has 1 aliphatic heterocycles. The molecule has 120 valence electrons. The van der Waals surface area contributed by atoms with Crippen LogP contribution in [0.2, 0.25) is 0 Å². The first-order chi connectivity index (χ1) is 9.74. The lowest BCUT2D eigenvalue weighted by molar-refractivity contribution is -0.119. The van der Waals surface area contributed by atoms with Crippen molar-refractivity contribution in [3.05, 3.63) is 42.5 Å². The fraction of sp³-hybridized carbons (Fsp3) is 0.357. The quantitative estimate of drug-likeness (QED) is 0.887. The summed E-state index contributed by atoms with van der Waals surface area (Å²) in [4.78, 5) is 16.3. The number of carbonyl (C=O) groups excluding carboxylic acids is 1. The van der Waals surface area contributed by atoms with Crippen LogP contribution in [0, 0.1) is 5.92 Å². The third-order valence-corrected chi connectivity index (χ3v) is 3.65. The predicted octanol–water partition coefficient (Wildman–Crippen LogP) is 1.60. The number of aryl methyl sites for hydroxylation is 1. The third-order valence-electron chi connectivity index (χ3n) is 3.65. The van der Waals surface area contributed by atoms with Gasteiger partial charge >= 0.3 is 0 Å². The molecule has 0 saturated carbocycles. The highest BCUT2D eigenvalue weighted by molar-refractivity contribution is 5.93. The highest BCUT2D eigenvalue weighted by atomic mass is 35.5. The van der Waals surface area contributed by atoms with Crippen LogP contribution < -0.4 is 10.6 Å². The van der Waals surface area contributed by atoms with E-state index in [0.29, 0.717) is 6.54 Å². The van der Waals surface area contributed by atoms with Crippen molar-refractivity contribution in [2.75, 3.05) is 18.4 Å². The van der Waals surface area contributed by atoms with E-state index in [2.05, 4.69) is 20.7 Å². The lowest BCUT2D eigenvalue weighted by Gasteiger charge is -2.16. The number of amides is 1. The molecule has 0 aliphatic carbocycles. The lowest BCUT2D eigenvalue weighted by atomic mass is 9.90. The topological polar surface area (TPSA) is 71.8 Å². The second kappa shape index (κ2) is 8.12. The molecule has 1 aliphatic rings. The summed E-state index contributed by atoms with van der Waals surface area (Å²) < 4.78 is 1.77. The molecule has 2 aromatic heterocycles. The second-order valence-electron chi connectivity index (χ2n) is 5.04. The monoisotopic (exact) mass is 343 g/mol. The molecule has 3 heterocycles. The smallest absolute Gasteiger partial charge is 0.229 e. The first-order valence-electron chi connectivity index (χ1n) is 6.64. The zero-order valence-corrected chi connectivity index (χ0v) is 13.7. The maximum absolute atomic E-state index is 12.4. The normalized spacial score (nSPS) is 19.9. The summed E-state index contributed by atoms with van der Waals surface area (Å²) in [6.07, 6.45) is 7.15. The van der Waals surface area contributed by atoms with Crippen LogP contribution in [0.25, 0.3) is 0 Å². The molecule has 0 spiro atoms. The molecule has 0 radical (unpaired) electrons. The highest BCUT2D eigenvalue weighted by Crippen LogP contribution is 2.28. The number of hydrogen-bond acceptors (Lipinski definition) is 4. The number of anilines is 1. The molecule has 1 saturated heterocycles. The number of hydrogen-bond donors (Lipinski definition) is 2. The summed E-state index contributed by atoms with van der Waals surface area (Å²) in [5, 5.41) is 10.4. The van der Waals surface area contributed by atoms with E-state index in [1.54, 1.807) is 29.2 Å². The van der Waals surface area contributed by atoms with E-state index in [1.165, 1.54) is 0 Å². The van der Waals surface area contributed by atoms with Crippen LogP contribution in [0.1, 0.15) is 11.5 Å². The maximum atomic E-state index is 12.4. The maximum Gasteiger partial charge on any atom is 0.229 e. The van der Waals surface area contributed by atoms with Crippen LogP contribution >= 0.6 is 24.8 Å². The van der Waals surface area contributed by atoms with Gasteiger partial charge in [0.15, 0.2) is 0 Å². The summed E-state index contributed by atoms with van der Waals surface area (Å²) in [7, 11) is 1.89. The lowest BCUT2D eigenvalue weighted by Crippen LogP contribution is -2.28. The predicted molar refractivity (Wildman–Crippen MR) is 89.7 cm³/mol. The van der Waals surface area contributed by atoms with E-state index in [4.69, 9.17) is 0 Å². The minimum Gasteiger partial charge on any atom is -0.326 e. The molecular formula is C14H19Cl2N5O. The molecule has 2 aromatic rings. The van der Waals surface area contributed by atoms with Crippen molar-refractivity contribution < 1.29 is 4.79 Å². The van der Waals surface area contributed by atoms with Crippen molar-refractivity contribution in [1.82, 2.24) is 20.1 Å². The van der Waals surface area contributed by atoms with Gasteiger partial charge in [-0.25, -0.2) is 0 Å². The van der Waals surface area contributed by atoms with Gasteiger partial charge in [-0.15, -0.1) is 24.8 Å². The Hall–Kier alpha value is -1.63. The molecule has 2 N–H and O–H groups in total. The van der Waals surface area contributed by atoms with Gasteiger partial charge in [0.25, 0.3) is 0 Å². The van der Waals surface area contributed by atoms with E-state index in [0.717, 1.165) is 17.8 Å². The largest absolute Gasteiger partial charge is 0.326 e. The Labute approximate surface area is 141 Å². The Morgan fingerprint density at radius 2 is 2.05 bits per heavy atom. The number of aromatic nitrogens is 3. The minimum absolute atomic E-state index is 0. The van der Waals surface area contributed by atoms with E-state index < -0.39 is 0 Å². The van der Waals surface area contributed by atoms with Crippen LogP contribution in [-0.2, 0) is 11.8 Å². The molecule has 2 atom stereocenters. The summed E-state index contributed by atoms with van der Waals surface area (Å²) in [6, 6.07) is 3.58. The second-order valence-corrected chi connectivity index (χ2v) is 5.04. The number of carbonyl (C=O) groups is 1. The molecule has 1 fully saturated rings. The number of nitrogens with zero attached hydrogens (tertiary/aromatic N) is 3. The van der Waals surface area contributed by atoms with Crippen molar-refractivity contribution in [1.29, 1.82) is 0 Å². The van der Waals surface area contributed by atoms with Crippen LogP contribution in [-0.4, -0.2) is 33.8 Å². The minimum atomic E-state index is -0.0765. The van der Waals surface area contributed by atoms with Gasteiger partial charge in [-0.1, -0.05) is 0 Å².